The normalized spacial score (nSPS) is 17.4. The second-order valence-electron chi connectivity index (χ2n) is 14.7. The lowest BCUT2D eigenvalue weighted by atomic mass is 9.74. The molecule has 2 heterocycles. The number of fused-ring (bicyclic) bond motifs is 1. The molecule has 0 radical (unpaired) electrons. The first-order valence-electron chi connectivity index (χ1n) is 18.8. The van der Waals surface area contributed by atoms with Crippen molar-refractivity contribution in [3.05, 3.63) is 147 Å². The average molecular weight is 778 g/mol. The molecule has 0 unspecified atom stereocenters. The van der Waals surface area contributed by atoms with Crippen molar-refractivity contribution in [2.24, 2.45) is 17.8 Å². The van der Waals surface area contributed by atoms with Crippen LogP contribution in [-0.2, 0) is 27.5 Å². The van der Waals surface area contributed by atoms with E-state index in [9.17, 15) is 29.3 Å². The van der Waals surface area contributed by atoms with Crippen molar-refractivity contribution in [2.75, 3.05) is 20.1 Å². The number of β-lactam (4-membered cyclic amide) rings is 1. The van der Waals surface area contributed by atoms with Crippen LogP contribution in [0.4, 0.5) is 10.1 Å². The molecule has 296 valence electrons. The Morgan fingerprint density at radius 2 is 1.49 bits per heavy atom. The maximum atomic E-state index is 16.1. The van der Waals surface area contributed by atoms with Gasteiger partial charge in [-0.15, -0.1) is 0 Å². The maximum absolute atomic E-state index is 16.1. The number of nitro groups is 1. The summed E-state index contributed by atoms with van der Waals surface area (Å²) >= 11 is 0. The van der Waals surface area contributed by atoms with Gasteiger partial charge in [-0.25, -0.2) is 14.0 Å². The molecule has 0 N–H and O–H groups in total. The second kappa shape index (κ2) is 17.7. The van der Waals surface area contributed by atoms with Gasteiger partial charge in [0.15, 0.2) is 23.1 Å². The summed E-state index contributed by atoms with van der Waals surface area (Å²) < 4.78 is 33.2. The predicted molar refractivity (Wildman–Crippen MR) is 208 cm³/mol. The van der Waals surface area contributed by atoms with Gasteiger partial charge in [-0.3, -0.25) is 19.7 Å². The highest BCUT2D eigenvalue weighted by Gasteiger charge is 2.59. The number of hydrogen-bond acceptors (Lipinski definition) is 10. The number of halogens is 1. The molecule has 4 aromatic carbocycles. The number of ether oxygens (including phenoxy) is 3. The van der Waals surface area contributed by atoms with E-state index in [1.165, 1.54) is 23.1 Å². The molecule has 0 bridgehead atoms. The number of carbonyl (C=O) groups excluding carboxylic acids is 4. The lowest BCUT2D eigenvalue weighted by Gasteiger charge is -2.47. The third-order valence-corrected chi connectivity index (χ3v) is 10.4. The number of carbonyl (C=O) groups is 4. The Hall–Kier alpha value is -6.21. The molecule has 2 aliphatic heterocycles. The largest absolute Gasteiger partial charge is 0.485 e. The van der Waals surface area contributed by atoms with Crippen LogP contribution in [-0.4, -0.2) is 64.5 Å². The van der Waals surface area contributed by atoms with Gasteiger partial charge in [-0.1, -0.05) is 81.4 Å². The number of esters is 2. The zero-order valence-corrected chi connectivity index (χ0v) is 32.2. The van der Waals surface area contributed by atoms with Crippen molar-refractivity contribution in [1.82, 2.24) is 9.80 Å². The molecular formula is C44H44FN3O9. The quantitative estimate of drug-likeness (QED) is 0.0263. The van der Waals surface area contributed by atoms with Crippen LogP contribution < -0.4 is 9.47 Å². The number of Topliss-reactive ketones (excluding diaryl/α,β-unsaturated/α-hetero) is 1. The number of likely N-dealkylation sites (N-methyl/N-ethyl adjacent to an activating group) is 1. The Kier molecular flexibility index (Phi) is 12.6. The molecule has 6 rings (SSSR count). The Balaban J connectivity index is 1.14. The van der Waals surface area contributed by atoms with Gasteiger partial charge in [-0.2, -0.15) is 0 Å². The summed E-state index contributed by atoms with van der Waals surface area (Å²) in [6.45, 7) is 6.67. The first-order valence-corrected chi connectivity index (χ1v) is 18.8. The first-order chi connectivity index (χ1) is 27.3. The third-order valence-electron chi connectivity index (χ3n) is 10.4. The monoisotopic (exact) mass is 777 g/mol. The lowest BCUT2D eigenvalue weighted by Crippen LogP contribution is -2.62. The van der Waals surface area contributed by atoms with Gasteiger partial charge in [0.05, 0.1) is 28.0 Å². The number of benzene rings is 4. The number of non-ortho nitro benzene ring substituents is 1. The molecule has 0 spiro atoms. The van der Waals surface area contributed by atoms with Crippen LogP contribution in [0.15, 0.2) is 108 Å². The van der Waals surface area contributed by atoms with Gasteiger partial charge in [0.25, 0.3) is 5.69 Å². The molecule has 3 atom stereocenters. The smallest absolute Gasteiger partial charge is 0.362 e. The topological polar surface area (TPSA) is 146 Å². The molecule has 2 aliphatic rings. The van der Waals surface area contributed by atoms with Crippen LogP contribution in [0, 0.1) is 33.7 Å². The van der Waals surface area contributed by atoms with Gasteiger partial charge in [0.2, 0.25) is 5.91 Å². The Bertz CT molecular complexity index is 2170. The Morgan fingerprint density at radius 3 is 2.09 bits per heavy atom. The summed E-state index contributed by atoms with van der Waals surface area (Å²) in [5.41, 5.74) is 1.92. The highest BCUT2D eigenvalue weighted by molar-refractivity contribution is 6.06. The van der Waals surface area contributed by atoms with E-state index in [0.29, 0.717) is 18.5 Å². The van der Waals surface area contributed by atoms with E-state index in [-0.39, 0.29) is 89.9 Å². The molecule has 1 fully saturated rings. The van der Waals surface area contributed by atoms with E-state index >= 15 is 4.39 Å². The molecule has 1 amide bonds. The van der Waals surface area contributed by atoms with Gasteiger partial charge >= 0.3 is 11.9 Å². The molecule has 0 aliphatic carbocycles. The van der Waals surface area contributed by atoms with Crippen molar-refractivity contribution in [3.63, 3.8) is 0 Å². The minimum absolute atomic E-state index is 0.00673. The van der Waals surface area contributed by atoms with Crippen molar-refractivity contribution in [3.8, 4) is 11.5 Å². The van der Waals surface area contributed by atoms with Gasteiger partial charge in [0, 0.05) is 31.0 Å². The fourth-order valence-electron chi connectivity index (χ4n) is 7.42. The third kappa shape index (κ3) is 8.94. The van der Waals surface area contributed by atoms with Crippen molar-refractivity contribution in [2.45, 2.75) is 52.9 Å². The van der Waals surface area contributed by atoms with E-state index in [1.807, 2.05) is 93.4 Å². The van der Waals surface area contributed by atoms with E-state index < -0.39 is 28.5 Å². The predicted octanol–water partition coefficient (Wildman–Crippen LogP) is 7.56. The van der Waals surface area contributed by atoms with Crippen LogP contribution in [0.1, 0.15) is 65.5 Å². The number of amides is 1. The minimum Gasteiger partial charge on any atom is -0.485 e. The highest BCUT2D eigenvalue weighted by Crippen LogP contribution is 2.49. The summed E-state index contributed by atoms with van der Waals surface area (Å²) in [6, 6.07) is 26.0. The number of nitrogens with zero attached hydrogens (tertiary/aromatic N) is 3. The zero-order valence-electron chi connectivity index (χ0n) is 32.2. The van der Waals surface area contributed by atoms with Crippen molar-refractivity contribution in [1.29, 1.82) is 0 Å². The summed E-state index contributed by atoms with van der Waals surface area (Å²) in [5, 5.41) is 11.0. The van der Waals surface area contributed by atoms with Crippen LogP contribution >= 0.6 is 0 Å². The van der Waals surface area contributed by atoms with Crippen LogP contribution in [0.3, 0.4) is 0 Å². The van der Waals surface area contributed by atoms with E-state index in [1.54, 1.807) is 6.07 Å². The molecule has 0 saturated carbocycles. The second-order valence-corrected chi connectivity index (χ2v) is 14.7. The Morgan fingerprint density at radius 1 is 0.877 bits per heavy atom. The van der Waals surface area contributed by atoms with Crippen LogP contribution in [0.25, 0.3) is 0 Å². The molecule has 12 nitrogen and oxygen atoms in total. The summed E-state index contributed by atoms with van der Waals surface area (Å²) in [5.74, 6) is -3.96. The highest BCUT2D eigenvalue weighted by atomic mass is 19.1. The first kappa shape index (κ1) is 40.5. The fourth-order valence-corrected chi connectivity index (χ4v) is 7.42. The van der Waals surface area contributed by atoms with E-state index in [0.717, 1.165) is 23.3 Å². The molecule has 4 aromatic rings. The summed E-state index contributed by atoms with van der Waals surface area (Å²) in [6.07, 6.45) is 0.363. The minimum atomic E-state index is -1.00. The molecule has 1 saturated heterocycles. The summed E-state index contributed by atoms with van der Waals surface area (Å²) in [7, 11) is 1.81. The van der Waals surface area contributed by atoms with Crippen molar-refractivity contribution >= 4 is 29.3 Å². The average Bonchev–Trinajstić information content (AvgIpc) is 3.43. The van der Waals surface area contributed by atoms with Crippen LogP contribution in [0.2, 0.25) is 0 Å². The van der Waals surface area contributed by atoms with Crippen molar-refractivity contribution < 1.29 is 42.7 Å². The van der Waals surface area contributed by atoms with Gasteiger partial charge in [-0.05, 0) is 66.9 Å². The van der Waals surface area contributed by atoms with Gasteiger partial charge < -0.3 is 24.0 Å². The maximum Gasteiger partial charge on any atom is 0.362 e. The molecule has 57 heavy (non-hydrogen) atoms. The summed E-state index contributed by atoms with van der Waals surface area (Å²) in [4.78, 5) is 67.1. The van der Waals surface area contributed by atoms with Crippen LogP contribution in [0.5, 0.6) is 11.5 Å². The Labute approximate surface area is 330 Å². The zero-order chi connectivity index (χ0) is 40.8. The number of nitro benzene ring substituents is 1. The number of hydrogen-bond donors (Lipinski definition) is 0. The van der Waals surface area contributed by atoms with E-state index in [2.05, 4.69) is 0 Å². The molecule has 13 heteroatoms. The number of ketones is 1. The number of rotatable bonds is 17. The fraction of sp³-hybridized carbons (Fsp3) is 0.318. The standard InChI is InChI=1S/C44H44FN3O9/c1-27(2)37-39-28(3)34(40(47(39)42(37)50)44(52)57-43(51)31-17-19-32(20-18-31)48(53)54)24-46(4)23-11-16-35(49)33-21-22-36(55-25-29-12-7-5-8-13-29)41(38(33)45)56-26-30-14-9-6-10-15-30/h5-10,12-15,17-22,27-28,37,39H,11,16,23-26H2,1-4H3/t28-,37+,39+/m0/s1. The SMILES string of the molecule is CC(C)[C@H]1C(=O)N2C(C(=O)OC(=O)c3ccc([N+](=O)[O-])cc3)=C(CN(C)CCCC(=O)c3ccc(OCc4ccccc4)c(OCc4ccccc4)c3F)[C@H](C)[C@H]12. The molecule has 0 aromatic heterocycles. The van der Waals surface area contributed by atoms with E-state index in [4.69, 9.17) is 14.2 Å². The lowest BCUT2D eigenvalue weighted by molar-refractivity contribution is -0.384. The molecular weight excluding hydrogens is 733 g/mol. The van der Waals surface area contributed by atoms with Gasteiger partial charge in [0.1, 0.15) is 18.9 Å².